The van der Waals surface area contributed by atoms with Crippen molar-refractivity contribution in [2.24, 2.45) is 0 Å². The smallest absolute Gasteiger partial charge is 0.146 e. The Kier molecular flexibility index (Phi) is 4.67. The summed E-state index contributed by atoms with van der Waals surface area (Å²) in [5.41, 5.74) is 4.50. The first-order chi connectivity index (χ1) is 12.7. The summed E-state index contributed by atoms with van der Waals surface area (Å²) < 4.78 is 2.19. The van der Waals surface area contributed by atoms with Gasteiger partial charge in [0.1, 0.15) is 17.7 Å². The standard InChI is InChI=1S/C19H20N6S/c1-14-4-5-15(9-20)19(23-14)24-7-2-3-16(10-24)18-21-6-8-25(18)11-17-12-26-13-22-17/h4-6,8,12-13,16H,2-3,7,10-11H2,1H3. The predicted octanol–water partition coefficient (Wildman–Crippen LogP) is 3.35. The number of thiazole rings is 1. The van der Waals surface area contributed by atoms with Crippen LogP contribution in [0, 0.1) is 18.3 Å². The molecule has 0 bridgehead atoms. The third-order valence-corrected chi connectivity index (χ3v) is 5.42. The molecule has 0 radical (unpaired) electrons. The van der Waals surface area contributed by atoms with Gasteiger partial charge < -0.3 is 9.47 Å². The maximum absolute atomic E-state index is 9.44. The molecule has 1 aliphatic heterocycles. The van der Waals surface area contributed by atoms with E-state index in [-0.39, 0.29) is 0 Å². The lowest BCUT2D eigenvalue weighted by Gasteiger charge is -2.34. The molecular weight excluding hydrogens is 344 g/mol. The number of nitrogens with zero attached hydrogens (tertiary/aromatic N) is 6. The van der Waals surface area contributed by atoms with Crippen molar-refractivity contribution in [3.63, 3.8) is 0 Å². The van der Waals surface area contributed by atoms with Gasteiger partial charge in [-0.05, 0) is 31.9 Å². The van der Waals surface area contributed by atoms with E-state index >= 15 is 0 Å². The molecule has 7 heteroatoms. The highest BCUT2D eigenvalue weighted by atomic mass is 32.1. The van der Waals surface area contributed by atoms with E-state index in [9.17, 15) is 5.26 Å². The lowest BCUT2D eigenvalue weighted by atomic mass is 9.96. The summed E-state index contributed by atoms with van der Waals surface area (Å²) in [6, 6.07) is 6.04. The zero-order valence-electron chi connectivity index (χ0n) is 14.7. The van der Waals surface area contributed by atoms with Crippen LogP contribution in [0.5, 0.6) is 0 Å². The largest absolute Gasteiger partial charge is 0.355 e. The number of hydrogen-bond acceptors (Lipinski definition) is 6. The number of rotatable bonds is 4. The molecule has 0 aliphatic carbocycles. The normalized spacial score (nSPS) is 17.2. The Morgan fingerprint density at radius 2 is 2.27 bits per heavy atom. The van der Waals surface area contributed by atoms with Crippen LogP contribution in [-0.4, -0.2) is 32.6 Å². The Bertz CT molecular complexity index is 924. The Morgan fingerprint density at radius 1 is 1.35 bits per heavy atom. The van der Waals surface area contributed by atoms with Gasteiger partial charge in [-0.2, -0.15) is 5.26 Å². The van der Waals surface area contributed by atoms with Crippen LogP contribution in [0.3, 0.4) is 0 Å². The van der Waals surface area contributed by atoms with Crippen LogP contribution in [0.25, 0.3) is 0 Å². The third kappa shape index (κ3) is 3.33. The molecule has 1 unspecified atom stereocenters. The molecule has 0 aromatic carbocycles. The molecular formula is C19H20N6S. The SMILES string of the molecule is Cc1ccc(C#N)c(N2CCCC(c3nccn3Cc3cscn3)C2)n1. The topological polar surface area (TPSA) is 70.6 Å². The maximum Gasteiger partial charge on any atom is 0.146 e. The van der Waals surface area contributed by atoms with Gasteiger partial charge in [0.05, 0.1) is 23.3 Å². The number of nitriles is 1. The lowest BCUT2D eigenvalue weighted by Crippen LogP contribution is -2.36. The van der Waals surface area contributed by atoms with Crippen LogP contribution < -0.4 is 4.90 Å². The first-order valence-corrected chi connectivity index (χ1v) is 9.69. The number of piperidine rings is 1. The number of anilines is 1. The van der Waals surface area contributed by atoms with Crippen molar-refractivity contribution < 1.29 is 0 Å². The molecule has 0 amide bonds. The van der Waals surface area contributed by atoms with Gasteiger partial charge >= 0.3 is 0 Å². The fourth-order valence-electron chi connectivity index (χ4n) is 3.56. The molecule has 0 N–H and O–H groups in total. The van der Waals surface area contributed by atoms with Crippen LogP contribution in [0.2, 0.25) is 0 Å². The fraction of sp³-hybridized carbons (Fsp3) is 0.368. The first kappa shape index (κ1) is 16.7. The number of aromatic nitrogens is 4. The van der Waals surface area contributed by atoms with Gasteiger partial charge in [-0.15, -0.1) is 11.3 Å². The molecule has 4 heterocycles. The van der Waals surface area contributed by atoms with Gasteiger partial charge in [0.15, 0.2) is 0 Å². The summed E-state index contributed by atoms with van der Waals surface area (Å²) in [4.78, 5) is 15.9. The molecule has 26 heavy (non-hydrogen) atoms. The number of aryl methyl sites for hydroxylation is 1. The first-order valence-electron chi connectivity index (χ1n) is 8.75. The van der Waals surface area contributed by atoms with Crippen molar-refractivity contribution in [3.05, 3.63) is 58.2 Å². The molecule has 1 atom stereocenters. The van der Waals surface area contributed by atoms with E-state index in [1.54, 1.807) is 11.3 Å². The summed E-state index contributed by atoms with van der Waals surface area (Å²) in [5, 5.41) is 11.5. The van der Waals surface area contributed by atoms with Crippen molar-refractivity contribution in [2.45, 2.75) is 32.2 Å². The number of hydrogen-bond donors (Lipinski definition) is 0. The van der Waals surface area contributed by atoms with Gasteiger partial charge in [0.25, 0.3) is 0 Å². The van der Waals surface area contributed by atoms with Gasteiger partial charge in [-0.3, -0.25) is 0 Å². The van der Waals surface area contributed by atoms with Crippen LogP contribution in [-0.2, 0) is 6.54 Å². The summed E-state index contributed by atoms with van der Waals surface area (Å²) in [5.74, 6) is 2.22. The minimum atomic E-state index is 0.325. The Hall–Kier alpha value is -2.72. The van der Waals surface area contributed by atoms with Crippen molar-refractivity contribution in [1.29, 1.82) is 5.26 Å². The Morgan fingerprint density at radius 3 is 3.08 bits per heavy atom. The molecule has 3 aromatic rings. The van der Waals surface area contributed by atoms with Gasteiger partial charge in [-0.25, -0.2) is 15.0 Å². The monoisotopic (exact) mass is 364 g/mol. The van der Waals surface area contributed by atoms with E-state index in [0.717, 1.165) is 55.5 Å². The third-order valence-electron chi connectivity index (χ3n) is 4.78. The summed E-state index contributed by atoms with van der Waals surface area (Å²) in [7, 11) is 0. The van der Waals surface area contributed by atoms with E-state index in [1.165, 1.54) is 0 Å². The molecule has 0 spiro atoms. The lowest BCUT2D eigenvalue weighted by molar-refractivity contribution is 0.473. The zero-order valence-corrected chi connectivity index (χ0v) is 15.5. The van der Waals surface area contributed by atoms with Crippen molar-refractivity contribution >= 4 is 17.2 Å². The van der Waals surface area contributed by atoms with Crippen molar-refractivity contribution in [1.82, 2.24) is 19.5 Å². The molecule has 4 rings (SSSR count). The number of pyridine rings is 1. The minimum Gasteiger partial charge on any atom is -0.355 e. The van der Waals surface area contributed by atoms with Gasteiger partial charge in [0.2, 0.25) is 0 Å². The van der Waals surface area contributed by atoms with E-state index < -0.39 is 0 Å². The Balaban J connectivity index is 1.58. The highest BCUT2D eigenvalue weighted by Gasteiger charge is 2.27. The van der Waals surface area contributed by atoms with E-state index in [1.807, 2.05) is 37.0 Å². The summed E-state index contributed by atoms with van der Waals surface area (Å²) in [6.07, 6.45) is 6.05. The summed E-state index contributed by atoms with van der Waals surface area (Å²) >= 11 is 1.61. The average Bonchev–Trinajstić information content (AvgIpc) is 3.34. The second-order valence-corrected chi connectivity index (χ2v) is 7.33. The Labute approximate surface area is 156 Å². The highest BCUT2D eigenvalue weighted by molar-refractivity contribution is 7.07. The fourth-order valence-corrected chi connectivity index (χ4v) is 4.11. The second-order valence-electron chi connectivity index (χ2n) is 6.61. The maximum atomic E-state index is 9.44. The second kappa shape index (κ2) is 7.26. The molecule has 6 nitrogen and oxygen atoms in total. The molecule has 1 fully saturated rings. The van der Waals surface area contributed by atoms with Crippen LogP contribution in [0.15, 0.2) is 35.4 Å². The molecule has 1 aliphatic rings. The number of imidazole rings is 1. The molecule has 132 valence electrons. The zero-order chi connectivity index (χ0) is 17.9. The van der Waals surface area contributed by atoms with Crippen molar-refractivity contribution in [2.75, 3.05) is 18.0 Å². The predicted molar refractivity (Wildman–Crippen MR) is 101 cm³/mol. The molecule has 0 saturated carbocycles. The van der Waals surface area contributed by atoms with E-state index in [0.29, 0.717) is 11.5 Å². The molecule has 3 aromatic heterocycles. The highest BCUT2D eigenvalue weighted by Crippen LogP contribution is 2.30. The van der Waals surface area contributed by atoms with Gasteiger partial charge in [-0.1, -0.05) is 0 Å². The quantitative estimate of drug-likeness (QED) is 0.710. The summed E-state index contributed by atoms with van der Waals surface area (Å²) in [6.45, 7) is 4.47. The van der Waals surface area contributed by atoms with Gasteiger partial charge in [0, 0.05) is 42.5 Å². The van der Waals surface area contributed by atoms with Crippen molar-refractivity contribution in [3.8, 4) is 6.07 Å². The van der Waals surface area contributed by atoms with E-state index in [2.05, 4.69) is 35.9 Å². The van der Waals surface area contributed by atoms with E-state index in [4.69, 9.17) is 0 Å². The van der Waals surface area contributed by atoms with Crippen LogP contribution >= 0.6 is 11.3 Å². The minimum absolute atomic E-state index is 0.325. The van der Waals surface area contributed by atoms with Crippen LogP contribution in [0.4, 0.5) is 5.82 Å². The molecule has 1 saturated heterocycles. The average molecular weight is 364 g/mol. The van der Waals surface area contributed by atoms with Crippen LogP contribution in [0.1, 0.15) is 41.5 Å².